The second kappa shape index (κ2) is 8.43. The van der Waals surface area contributed by atoms with E-state index in [4.69, 9.17) is 10.5 Å². The average Bonchev–Trinajstić information content (AvgIpc) is 2.10. The predicted octanol–water partition coefficient (Wildman–Crippen LogP) is 4.15. The summed E-state index contributed by atoms with van der Waals surface area (Å²) in [5.74, 6) is 0. The van der Waals surface area contributed by atoms with Gasteiger partial charge in [0.05, 0.1) is 12.1 Å². The van der Waals surface area contributed by atoms with Crippen molar-refractivity contribution >= 4 is 16.8 Å². The van der Waals surface area contributed by atoms with Crippen LogP contribution < -0.4 is 0 Å². The van der Waals surface area contributed by atoms with Gasteiger partial charge in [0.15, 0.2) is 0 Å². The van der Waals surface area contributed by atoms with Crippen LogP contribution in [0, 0.1) is 22.7 Å². The SMILES string of the molecule is C[Si](C)(F)CCC#N.C[Si](C)(F)CCC#N. The molecular formula is C10H20F2N2Si2. The number of rotatable bonds is 4. The lowest BCUT2D eigenvalue weighted by Gasteiger charge is -2.05. The Labute approximate surface area is 99.3 Å². The number of halogens is 2. The highest BCUT2D eigenvalue weighted by Gasteiger charge is 2.19. The minimum absolute atomic E-state index is 0.371. The van der Waals surface area contributed by atoms with Crippen LogP contribution in [0.5, 0.6) is 0 Å². The molecule has 0 aliphatic rings. The lowest BCUT2D eigenvalue weighted by Crippen LogP contribution is -2.16. The average molecular weight is 262 g/mol. The van der Waals surface area contributed by atoms with Crippen molar-refractivity contribution in [2.45, 2.75) is 51.1 Å². The number of hydrogen-bond donors (Lipinski definition) is 0. The van der Waals surface area contributed by atoms with Gasteiger partial charge in [0, 0.05) is 12.8 Å². The molecule has 0 rings (SSSR count). The van der Waals surface area contributed by atoms with Crippen LogP contribution in [0.4, 0.5) is 8.22 Å². The van der Waals surface area contributed by atoms with Gasteiger partial charge >= 0.3 is 0 Å². The standard InChI is InChI=1S/2C5H10FNSi/c2*1-8(2,6)5-3-4-7/h2*3,5H2,1-2H3. The fourth-order valence-electron chi connectivity index (χ4n) is 0.706. The van der Waals surface area contributed by atoms with Crippen LogP contribution in [0.15, 0.2) is 0 Å². The molecule has 0 aliphatic heterocycles. The Kier molecular flexibility index (Phi) is 9.30. The molecule has 0 saturated heterocycles. The Balaban J connectivity index is 0. The smallest absolute Gasteiger partial charge is 0.241 e. The van der Waals surface area contributed by atoms with Crippen LogP contribution in [0.2, 0.25) is 38.3 Å². The maximum Gasteiger partial charge on any atom is 0.241 e. The molecule has 6 heteroatoms. The van der Waals surface area contributed by atoms with Crippen LogP contribution >= 0.6 is 0 Å². The molecule has 0 aromatic carbocycles. The van der Waals surface area contributed by atoms with Gasteiger partial charge in [0.2, 0.25) is 16.8 Å². The fourth-order valence-corrected chi connectivity index (χ4v) is 2.12. The summed E-state index contributed by atoms with van der Waals surface area (Å²) < 4.78 is 25.1. The summed E-state index contributed by atoms with van der Waals surface area (Å²) in [4.78, 5) is 0. The van der Waals surface area contributed by atoms with Gasteiger partial charge in [-0.2, -0.15) is 10.5 Å². The molecule has 16 heavy (non-hydrogen) atoms. The predicted molar refractivity (Wildman–Crippen MR) is 67.3 cm³/mol. The third-order valence-corrected chi connectivity index (χ3v) is 4.54. The van der Waals surface area contributed by atoms with Crippen LogP contribution in [0.1, 0.15) is 12.8 Å². The first-order valence-electron chi connectivity index (χ1n) is 5.24. The Morgan fingerprint density at radius 3 is 1.12 bits per heavy atom. The molecule has 0 bridgehead atoms. The zero-order valence-corrected chi connectivity index (χ0v) is 12.5. The van der Waals surface area contributed by atoms with Crippen molar-refractivity contribution in [1.29, 1.82) is 10.5 Å². The van der Waals surface area contributed by atoms with E-state index >= 15 is 0 Å². The Hall–Kier alpha value is -0.726. The van der Waals surface area contributed by atoms with Crippen molar-refractivity contribution in [2.24, 2.45) is 0 Å². The molecule has 0 aromatic heterocycles. The second-order valence-corrected chi connectivity index (χ2v) is 12.6. The first-order chi connectivity index (χ1) is 7.12. The summed E-state index contributed by atoms with van der Waals surface area (Å²) in [5, 5.41) is 16.1. The molecule has 0 aromatic rings. The number of nitrogens with zero attached hydrogens (tertiary/aromatic N) is 2. The summed E-state index contributed by atoms with van der Waals surface area (Å²) in [6, 6.07) is 4.79. The fraction of sp³-hybridized carbons (Fsp3) is 0.800. The minimum Gasteiger partial charge on any atom is -0.314 e. The van der Waals surface area contributed by atoms with E-state index in [2.05, 4.69) is 0 Å². The van der Waals surface area contributed by atoms with E-state index in [0.717, 1.165) is 0 Å². The summed E-state index contributed by atoms with van der Waals surface area (Å²) in [6.07, 6.45) is 0.742. The molecule has 0 spiro atoms. The topological polar surface area (TPSA) is 47.6 Å². The van der Waals surface area contributed by atoms with E-state index in [-0.39, 0.29) is 0 Å². The molecule has 0 N–H and O–H groups in total. The summed E-state index contributed by atoms with van der Waals surface area (Å²) in [6.45, 7) is 6.46. The summed E-state index contributed by atoms with van der Waals surface area (Å²) in [5.41, 5.74) is 0. The quantitative estimate of drug-likeness (QED) is 0.564. The van der Waals surface area contributed by atoms with E-state index in [1.165, 1.54) is 0 Å². The van der Waals surface area contributed by atoms with Gasteiger partial charge in [-0.25, -0.2) is 0 Å². The van der Waals surface area contributed by atoms with Crippen LogP contribution in [-0.4, -0.2) is 16.8 Å². The van der Waals surface area contributed by atoms with Crippen molar-refractivity contribution in [2.75, 3.05) is 0 Å². The van der Waals surface area contributed by atoms with Crippen molar-refractivity contribution in [3.63, 3.8) is 0 Å². The third kappa shape index (κ3) is 23.3. The highest BCUT2D eigenvalue weighted by molar-refractivity contribution is 6.70. The molecule has 92 valence electrons. The van der Waals surface area contributed by atoms with Gasteiger partial charge in [-0.1, -0.05) is 0 Å². The molecule has 0 fully saturated rings. The zero-order chi connectivity index (χ0) is 13.2. The van der Waals surface area contributed by atoms with Crippen molar-refractivity contribution in [3.8, 4) is 12.1 Å². The third-order valence-electron chi connectivity index (χ3n) is 1.66. The van der Waals surface area contributed by atoms with Crippen molar-refractivity contribution in [3.05, 3.63) is 0 Å². The Morgan fingerprint density at radius 2 is 1.06 bits per heavy atom. The van der Waals surface area contributed by atoms with Crippen molar-refractivity contribution < 1.29 is 8.22 Å². The highest BCUT2D eigenvalue weighted by Crippen LogP contribution is 2.11. The molecule has 0 heterocycles. The summed E-state index contributed by atoms with van der Waals surface area (Å²) >= 11 is 0. The normalized spacial score (nSPS) is 10.8. The number of nitriles is 2. The van der Waals surface area contributed by atoms with E-state index < -0.39 is 16.8 Å². The van der Waals surface area contributed by atoms with Gasteiger partial charge < -0.3 is 8.22 Å². The van der Waals surface area contributed by atoms with Crippen LogP contribution in [0.25, 0.3) is 0 Å². The second-order valence-electron chi connectivity index (χ2n) is 4.75. The first-order valence-corrected chi connectivity index (χ1v) is 11.4. The van der Waals surface area contributed by atoms with Gasteiger partial charge in [-0.3, -0.25) is 0 Å². The molecule has 0 saturated carbocycles. The summed E-state index contributed by atoms with van der Waals surface area (Å²) in [7, 11) is -4.80. The van der Waals surface area contributed by atoms with Gasteiger partial charge in [0.25, 0.3) is 0 Å². The molecule has 0 amide bonds. The Morgan fingerprint density at radius 1 is 0.812 bits per heavy atom. The van der Waals surface area contributed by atoms with Gasteiger partial charge in [-0.15, -0.1) is 0 Å². The lowest BCUT2D eigenvalue weighted by atomic mass is 10.6. The van der Waals surface area contributed by atoms with Crippen LogP contribution in [-0.2, 0) is 0 Å². The van der Waals surface area contributed by atoms with E-state index in [0.29, 0.717) is 24.9 Å². The first kappa shape index (κ1) is 17.7. The monoisotopic (exact) mass is 262 g/mol. The molecule has 0 radical (unpaired) electrons. The molecule has 0 unspecified atom stereocenters. The Bertz CT molecular complexity index is 228. The molecule has 2 nitrogen and oxygen atoms in total. The van der Waals surface area contributed by atoms with Crippen molar-refractivity contribution in [1.82, 2.24) is 0 Å². The molecule has 0 atom stereocenters. The van der Waals surface area contributed by atoms with Gasteiger partial charge in [-0.05, 0) is 38.3 Å². The zero-order valence-electron chi connectivity index (χ0n) is 10.5. The van der Waals surface area contributed by atoms with E-state index in [1.807, 2.05) is 12.1 Å². The minimum atomic E-state index is -2.40. The van der Waals surface area contributed by atoms with E-state index in [9.17, 15) is 8.22 Å². The van der Waals surface area contributed by atoms with Crippen LogP contribution in [0.3, 0.4) is 0 Å². The molecular weight excluding hydrogens is 242 g/mol. The maximum absolute atomic E-state index is 12.6. The van der Waals surface area contributed by atoms with Gasteiger partial charge in [0.1, 0.15) is 0 Å². The maximum atomic E-state index is 12.6. The highest BCUT2D eigenvalue weighted by atomic mass is 28.4. The molecule has 0 aliphatic carbocycles. The lowest BCUT2D eigenvalue weighted by molar-refractivity contribution is 0.782. The van der Waals surface area contributed by atoms with E-state index in [1.54, 1.807) is 26.2 Å². The number of hydrogen-bond acceptors (Lipinski definition) is 2. The largest absolute Gasteiger partial charge is 0.314 e.